The van der Waals surface area contributed by atoms with Gasteiger partial charge >= 0.3 is 33.3 Å². The van der Waals surface area contributed by atoms with Crippen LogP contribution in [0.5, 0.6) is 0 Å². The summed E-state index contributed by atoms with van der Waals surface area (Å²) in [5.41, 5.74) is 0. The summed E-state index contributed by atoms with van der Waals surface area (Å²) < 4.78 is 144. The maximum absolute atomic E-state index is 14.1. The lowest BCUT2D eigenvalue weighted by molar-refractivity contribution is -0.382. The Morgan fingerprint density at radius 3 is 1.66 bits per heavy atom. The molecule has 0 radical (unpaired) electrons. The van der Waals surface area contributed by atoms with Gasteiger partial charge in [0.15, 0.2) is 0 Å². The van der Waals surface area contributed by atoms with Crippen molar-refractivity contribution in [3.05, 3.63) is 0 Å². The second-order valence-electron chi connectivity index (χ2n) is 8.02. The Kier molecular flexibility index (Phi) is 7.93. The van der Waals surface area contributed by atoms with Gasteiger partial charge in [-0.1, -0.05) is 38.5 Å². The Bertz CT molecular complexity index is 773. The predicted octanol–water partition coefficient (Wildman–Crippen LogP) is 4.94. The molecule has 0 unspecified atom stereocenters. The number of aliphatic imine (C=N–C) groups is 1. The largest absolute Gasteiger partial charge is 0.460 e. The third kappa shape index (κ3) is 5.38. The molecule has 0 aromatic rings. The monoisotopic (exact) mass is 505 g/mol. The molecule has 188 valence electrons. The number of nitrogens with zero attached hydrogens (tertiary/aromatic N) is 1. The Morgan fingerprint density at radius 2 is 1.19 bits per heavy atom. The molecule has 32 heavy (non-hydrogen) atoms. The van der Waals surface area contributed by atoms with Gasteiger partial charge in [-0.2, -0.15) is 47.9 Å². The maximum atomic E-state index is 14.1. The highest BCUT2D eigenvalue weighted by atomic mass is 32.2. The van der Waals surface area contributed by atoms with Crippen molar-refractivity contribution in [1.29, 1.82) is 0 Å². The Hall–Kier alpha value is -1.41. The first-order valence-electron chi connectivity index (χ1n) is 10.1. The van der Waals surface area contributed by atoms with Crippen molar-refractivity contribution < 1.29 is 47.9 Å². The van der Waals surface area contributed by atoms with Crippen LogP contribution in [0.25, 0.3) is 0 Å². The fourth-order valence-electron chi connectivity index (χ4n) is 3.65. The van der Waals surface area contributed by atoms with Crippen molar-refractivity contribution in [2.45, 2.75) is 99.6 Å². The molecule has 2 saturated carbocycles. The van der Waals surface area contributed by atoms with Gasteiger partial charge in [-0.15, -0.1) is 0 Å². The summed E-state index contributed by atoms with van der Waals surface area (Å²) >= 11 is 0. The Balaban J connectivity index is 2.35. The van der Waals surface area contributed by atoms with Gasteiger partial charge in [0, 0.05) is 6.04 Å². The minimum absolute atomic E-state index is 0.441. The molecule has 2 N–H and O–H groups in total. The molecule has 0 aromatic carbocycles. The molecule has 0 saturated heterocycles. The average Bonchev–Trinajstić information content (AvgIpc) is 2.68. The van der Waals surface area contributed by atoms with E-state index >= 15 is 0 Å². The van der Waals surface area contributed by atoms with Crippen LogP contribution in [0.15, 0.2) is 4.99 Å². The number of rotatable bonds is 6. The predicted molar refractivity (Wildman–Crippen MR) is 97.3 cm³/mol. The topological polar surface area (TPSA) is 70.6 Å². The van der Waals surface area contributed by atoms with Gasteiger partial charge in [0.25, 0.3) is 0 Å². The summed E-state index contributed by atoms with van der Waals surface area (Å²) in [7, 11) is -6.77. The molecule has 0 aromatic heterocycles. The van der Waals surface area contributed by atoms with E-state index in [2.05, 4.69) is 10.3 Å². The fraction of sp³-hybridized carbons (Fsp3) is 0.941. The van der Waals surface area contributed by atoms with Crippen LogP contribution < -0.4 is 10.0 Å². The highest BCUT2D eigenvalue weighted by Crippen LogP contribution is 2.54. The number of sulfonamides is 1. The summed E-state index contributed by atoms with van der Waals surface area (Å²) in [6.45, 7) is 0. The van der Waals surface area contributed by atoms with Crippen LogP contribution >= 0.6 is 0 Å². The quantitative estimate of drug-likeness (QED) is 0.305. The molecule has 2 aliphatic carbocycles. The Morgan fingerprint density at radius 1 is 0.719 bits per heavy atom. The first-order valence-corrected chi connectivity index (χ1v) is 11.6. The third-order valence-electron chi connectivity index (χ3n) is 5.52. The number of nitrogens with one attached hydrogen (secondary N) is 2. The van der Waals surface area contributed by atoms with Crippen LogP contribution in [0.3, 0.4) is 0 Å². The van der Waals surface area contributed by atoms with Gasteiger partial charge in [-0.25, -0.2) is 9.71 Å². The highest BCUT2D eigenvalue weighted by Gasteiger charge is 2.85. The van der Waals surface area contributed by atoms with E-state index in [0.717, 1.165) is 17.6 Å². The van der Waals surface area contributed by atoms with Crippen LogP contribution in [-0.2, 0) is 10.0 Å². The van der Waals surface area contributed by atoms with E-state index in [1.54, 1.807) is 0 Å². The van der Waals surface area contributed by atoms with Crippen molar-refractivity contribution >= 4 is 16.0 Å². The number of guanidine groups is 1. The van der Waals surface area contributed by atoms with E-state index in [-0.39, 0.29) is 0 Å². The van der Waals surface area contributed by atoms with E-state index in [9.17, 15) is 47.9 Å². The van der Waals surface area contributed by atoms with E-state index in [0.29, 0.717) is 51.4 Å². The van der Waals surface area contributed by atoms with E-state index < -0.39 is 51.3 Å². The molecule has 0 atom stereocenters. The number of hydrogen-bond acceptors (Lipinski definition) is 3. The van der Waals surface area contributed by atoms with E-state index in [1.807, 2.05) is 0 Å². The van der Waals surface area contributed by atoms with Crippen LogP contribution in [0.2, 0.25) is 0 Å². The summed E-state index contributed by atoms with van der Waals surface area (Å²) in [5.74, 6) is -15.5. The SMILES string of the molecule is O=S(=O)(NC(=NC1CCCCC1)NC1CCCCC1)C(F)(F)C(F)(F)C(F)(F)C(F)(F)F. The van der Waals surface area contributed by atoms with E-state index in [4.69, 9.17) is 0 Å². The van der Waals surface area contributed by atoms with Gasteiger partial charge in [-0.3, -0.25) is 0 Å². The second kappa shape index (κ2) is 9.45. The first kappa shape index (κ1) is 26.8. The molecule has 2 rings (SSSR count). The first-order chi connectivity index (χ1) is 14.5. The molecule has 2 fully saturated rings. The van der Waals surface area contributed by atoms with Crippen molar-refractivity contribution in [2.24, 2.45) is 4.99 Å². The van der Waals surface area contributed by atoms with Crippen molar-refractivity contribution in [1.82, 2.24) is 10.0 Å². The van der Waals surface area contributed by atoms with Crippen LogP contribution in [0, 0.1) is 0 Å². The van der Waals surface area contributed by atoms with Gasteiger partial charge < -0.3 is 5.32 Å². The fourth-order valence-corrected chi connectivity index (χ4v) is 4.61. The molecule has 0 heterocycles. The molecule has 0 bridgehead atoms. The summed E-state index contributed by atoms with van der Waals surface area (Å²) in [5, 5.41) is -4.28. The minimum atomic E-state index is -7.31. The molecular weight excluding hydrogens is 481 g/mol. The molecule has 2 aliphatic rings. The lowest BCUT2D eigenvalue weighted by Crippen LogP contribution is -2.66. The summed E-state index contributed by atoms with van der Waals surface area (Å²) in [6.07, 6.45) is -0.807. The van der Waals surface area contributed by atoms with Crippen molar-refractivity contribution in [3.8, 4) is 0 Å². The van der Waals surface area contributed by atoms with Crippen LogP contribution in [0.4, 0.5) is 39.5 Å². The second-order valence-corrected chi connectivity index (χ2v) is 9.74. The summed E-state index contributed by atoms with van der Waals surface area (Å²) in [4.78, 5) is 3.95. The molecule has 0 aliphatic heterocycles. The minimum Gasteiger partial charge on any atom is -0.353 e. The molecule has 0 amide bonds. The maximum Gasteiger partial charge on any atom is 0.460 e. The van der Waals surface area contributed by atoms with Gasteiger partial charge in [-0.05, 0) is 25.7 Å². The van der Waals surface area contributed by atoms with Gasteiger partial charge in [0.1, 0.15) is 0 Å². The van der Waals surface area contributed by atoms with E-state index in [1.165, 1.54) is 0 Å². The third-order valence-corrected chi connectivity index (χ3v) is 6.91. The lowest BCUT2D eigenvalue weighted by atomic mass is 9.95. The lowest BCUT2D eigenvalue weighted by Gasteiger charge is -2.33. The van der Waals surface area contributed by atoms with Gasteiger partial charge in [0.2, 0.25) is 5.96 Å². The van der Waals surface area contributed by atoms with Gasteiger partial charge in [0.05, 0.1) is 6.04 Å². The van der Waals surface area contributed by atoms with Crippen molar-refractivity contribution in [3.63, 3.8) is 0 Å². The van der Waals surface area contributed by atoms with Crippen LogP contribution in [0.1, 0.15) is 64.2 Å². The molecule has 5 nitrogen and oxygen atoms in total. The number of alkyl halides is 9. The average molecular weight is 505 g/mol. The summed E-state index contributed by atoms with van der Waals surface area (Å²) in [6, 6.07) is -1.01. The number of hydrogen-bond donors (Lipinski definition) is 2. The number of halogens is 9. The van der Waals surface area contributed by atoms with Crippen LogP contribution in [-0.4, -0.2) is 49.7 Å². The zero-order valence-corrected chi connectivity index (χ0v) is 17.6. The molecular formula is C17H24F9N3O2S. The zero-order valence-electron chi connectivity index (χ0n) is 16.8. The molecule has 0 spiro atoms. The normalized spacial score (nSPS) is 21.5. The highest BCUT2D eigenvalue weighted by molar-refractivity contribution is 7.91. The standard InChI is InChI=1S/C17H24F9N3O2S/c18-14(19,16(22,23)24)15(20,21)17(25,26)32(30,31)29-13(27-11-7-3-1-4-8-11)28-12-9-5-2-6-10-12/h11-12H,1-10H2,(H2,27,28,29). The smallest absolute Gasteiger partial charge is 0.353 e. The molecule has 15 heteroatoms. The zero-order chi connectivity index (χ0) is 24.4. The Labute approximate surface area is 179 Å². The van der Waals surface area contributed by atoms with Crippen molar-refractivity contribution in [2.75, 3.05) is 0 Å².